The molecule has 8 nitrogen and oxygen atoms in total. The van der Waals surface area contributed by atoms with Gasteiger partial charge in [0.25, 0.3) is 0 Å². The van der Waals surface area contributed by atoms with E-state index in [1.54, 1.807) is 13.0 Å². The van der Waals surface area contributed by atoms with Crippen LogP contribution in [0.15, 0.2) is 30.5 Å². The summed E-state index contributed by atoms with van der Waals surface area (Å²) in [5.74, 6) is -1.67. The summed E-state index contributed by atoms with van der Waals surface area (Å²) in [5.41, 5.74) is -0.0905. The molecule has 0 aliphatic carbocycles. The van der Waals surface area contributed by atoms with Crippen LogP contribution in [0.3, 0.4) is 0 Å². The Kier molecular flexibility index (Phi) is 7.20. The Morgan fingerprint density at radius 1 is 1.21 bits per heavy atom. The molecule has 0 spiro atoms. The van der Waals surface area contributed by atoms with Crippen molar-refractivity contribution in [1.29, 1.82) is 0 Å². The third-order valence-corrected chi connectivity index (χ3v) is 4.90. The molecule has 3 atom stereocenters. The lowest BCUT2D eigenvalue weighted by atomic mass is 10.1. The number of alkyl halides is 3. The number of carbonyl (C=O) groups excluding carboxylic acids is 1. The van der Waals surface area contributed by atoms with Crippen LogP contribution >= 0.6 is 0 Å². The highest BCUT2D eigenvalue weighted by Gasteiger charge is 2.40. The second kappa shape index (κ2) is 9.61. The van der Waals surface area contributed by atoms with Gasteiger partial charge < -0.3 is 19.5 Å². The zero-order chi connectivity index (χ0) is 25.3. The van der Waals surface area contributed by atoms with Crippen molar-refractivity contribution in [2.45, 2.75) is 64.8 Å². The van der Waals surface area contributed by atoms with Gasteiger partial charge in [0.15, 0.2) is 11.6 Å². The van der Waals surface area contributed by atoms with Gasteiger partial charge in [-0.1, -0.05) is 6.07 Å². The maximum Gasteiger partial charge on any atom is 0.573 e. The predicted molar refractivity (Wildman–Crippen MR) is 115 cm³/mol. The summed E-state index contributed by atoms with van der Waals surface area (Å²) in [7, 11) is 0. The van der Waals surface area contributed by atoms with E-state index in [2.05, 4.69) is 20.0 Å². The summed E-state index contributed by atoms with van der Waals surface area (Å²) in [5, 5.41) is 2.95. The molecule has 2 aromatic rings. The van der Waals surface area contributed by atoms with Gasteiger partial charge in [-0.2, -0.15) is 4.98 Å². The number of amides is 1. The Balaban J connectivity index is 1.76. The monoisotopic (exact) mass is 486 g/mol. The number of rotatable bonds is 7. The smallest absolute Gasteiger partial charge is 0.447 e. The maximum absolute atomic E-state index is 14.1. The van der Waals surface area contributed by atoms with Crippen molar-refractivity contribution in [1.82, 2.24) is 9.97 Å². The second-order valence-electron chi connectivity index (χ2n) is 8.79. The van der Waals surface area contributed by atoms with Crippen LogP contribution in [-0.4, -0.2) is 46.8 Å². The zero-order valence-corrected chi connectivity index (χ0v) is 19.3. The van der Waals surface area contributed by atoms with Gasteiger partial charge in [0.1, 0.15) is 18.5 Å². The van der Waals surface area contributed by atoms with E-state index in [1.807, 2.05) is 27.7 Å². The van der Waals surface area contributed by atoms with Crippen LogP contribution in [0.4, 0.5) is 34.1 Å². The topological polar surface area (TPSA) is 85.8 Å². The number of hydrogen-bond acceptors (Lipinski definition) is 7. The summed E-state index contributed by atoms with van der Waals surface area (Å²) >= 11 is 0. The molecule has 1 amide bonds. The second-order valence-corrected chi connectivity index (χ2v) is 8.79. The predicted octanol–water partition coefficient (Wildman–Crippen LogP) is 5.22. The summed E-state index contributed by atoms with van der Waals surface area (Å²) < 4.78 is 66.0. The number of ether oxygens (including phenoxy) is 3. The first-order chi connectivity index (χ1) is 15.7. The Morgan fingerprint density at radius 3 is 2.53 bits per heavy atom. The highest BCUT2D eigenvalue weighted by Crippen LogP contribution is 2.30. The van der Waals surface area contributed by atoms with Gasteiger partial charge in [-0.3, -0.25) is 4.90 Å². The van der Waals surface area contributed by atoms with E-state index in [1.165, 1.54) is 17.2 Å². The quantitative estimate of drug-likeness (QED) is 0.538. The number of carbonyl (C=O) groups is 1. The molecule has 1 saturated heterocycles. The van der Waals surface area contributed by atoms with Crippen molar-refractivity contribution >= 4 is 17.9 Å². The Hall–Kier alpha value is -3.15. The molecule has 1 aliphatic heterocycles. The summed E-state index contributed by atoms with van der Waals surface area (Å²) in [4.78, 5) is 22.3. The molecule has 1 unspecified atom stereocenters. The van der Waals surface area contributed by atoms with Crippen molar-refractivity contribution in [3.05, 3.63) is 41.8 Å². The van der Waals surface area contributed by atoms with Gasteiger partial charge >= 0.3 is 12.5 Å². The molecule has 186 valence electrons. The molecule has 1 aromatic heterocycles. The van der Waals surface area contributed by atoms with Crippen LogP contribution in [0.25, 0.3) is 0 Å². The number of halogens is 4. The number of nitrogens with zero attached hydrogens (tertiary/aromatic N) is 3. The van der Waals surface area contributed by atoms with E-state index >= 15 is 0 Å². The number of cyclic esters (lactones) is 1. The van der Waals surface area contributed by atoms with Crippen molar-refractivity contribution in [2.24, 2.45) is 0 Å². The van der Waals surface area contributed by atoms with Crippen LogP contribution in [-0.2, 0) is 9.47 Å². The number of aromatic nitrogens is 2. The lowest BCUT2D eigenvalue weighted by Crippen LogP contribution is -2.45. The average Bonchev–Trinajstić information content (AvgIpc) is 3.09. The maximum atomic E-state index is 14.1. The van der Waals surface area contributed by atoms with Crippen molar-refractivity contribution in [3.63, 3.8) is 0 Å². The van der Waals surface area contributed by atoms with E-state index in [0.717, 1.165) is 12.1 Å². The highest BCUT2D eigenvalue weighted by atomic mass is 19.4. The van der Waals surface area contributed by atoms with Crippen LogP contribution in [0.1, 0.15) is 46.2 Å². The van der Waals surface area contributed by atoms with Gasteiger partial charge in [0.05, 0.1) is 17.7 Å². The fourth-order valence-electron chi connectivity index (χ4n) is 3.50. The normalized spacial score (nSPS) is 18.4. The van der Waals surface area contributed by atoms with Gasteiger partial charge in [0, 0.05) is 6.20 Å². The minimum Gasteiger partial charge on any atom is -0.447 e. The number of anilines is 2. The first-order valence-corrected chi connectivity index (χ1v) is 10.5. The highest BCUT2D eigenvalue weighted by molar-refractivity contribution is 5.89. The minimum atomic E-state index is -5.00. The molecule has 3 rings (SSSR count). The molecular weight excluding hydrogens is 460 g/mol. The summed E-state index contributed by atoms with van der Waals surface area (Å²) in [6, 6.07) is 3.68. The lowest BCUT2D eigenvalue weighted by Gasteiger charge is -2.31. The van der Waals surface area contributed by atoms with Crippen LogP contribution < -0.4 is 15.0 Å². The van der Waals surface area contributed by atoms with E-state index < -0.39 is 41.7 Å². The van der Waals surface area contributed by atoms with E-state index in [0.29, 0.717) is 5.56 Å². The fourth-order valence-corrected chi connectivity index (χ4v) is 3.50. The molecule has 34 heavy (non-hydrogen) atoms. The van der Waals surface area contributed by atoms with Gasteiger partial charge in [-0.25, -0.2) is 14.2 Å². The van der Waals surface area contributed by atoms with Gasteiger partial charge in [-0.15, -0.1) is 13.2 Å². The molecule has 1 N–H and O–H groups in total. The molecule has 12 heteroatoms. The van der Waals surface area contributed by atoms with Gasteiger partial charge in [0.2, 0.25) is 5.95 Å². The Labute approximate surface area is 194 Å². The van der Waals surface area contributed by atoms with Crippen molar-refractivity contribution in [2.75, 3.05) is 16.8 Å². The lowest BCUT2D eigenvalue weighted by molar-refractivity contribution is -0.275. The zero-order valence-electron chi connectivity index (χ0n) is 19.3. The standard InChI is InChI=1S/C22H26F4N4O4/c1-12(14-6-7-17(15(23)10-14)34-22(24,25)26)28-19-27-9-8-18(29-19)30-16(11-32-20(30)31)13(2)33-21(3,4)5/h6-10,12-13,16H,11H2,1-5H3,(H,27,28,29)/t12-,13+,16?/m0/s1. The first-order valence-electron chi connectivity index (χ1n) is 10.5. The van der Waals surface area contributed by atoms with Crippen molar-refractivity contribution < 1.29 is 36.6 Å². The molecule has 1 fully saturated rings. The first kappa shape index (κ1) is 25.5. The van der Waals surface area contributed by atoms with Gasteiger partial charge in [-0.05, 0) is 58.4 Å². The Morgan fingerprint density at radius 2 is 1.91 bits per heavy atom. The average molecular weight is 486 g/mol. The van der Waals surface area contributed by atoms with Crippen LogP contribution in [0.2, 0.25) is 0 Å². The third kappa shape index (κ3) is 6.46. The third-order valence-electron chi connectivity index (χ3n) is 4.90. The molecule has 0 radical (unpaired) electrons. The molecule has 1 aromatic carbocycles. The van der Waals surface area contributed by atoms with E-state index in [9.17, 15) is 22.4 Å². The van der Waals surface area contributed by atoms with E-state index in [4.69, 9.17) is 9.47 Å². The molecular formula is C22H26F4N4O4. The molecule has 2 heterocycles. The molecule has 1 aliphatic rings. The molecule has 0 bridgehead atoms. The minimum absolute atomic E-state index is 0.129. The van der Waals surface area contributed by atoms with Crippen molar-refractivity contribution in [3.8, 4) is 5.75 Å². The SMILES string of the molecule is C[C@H](Nc1nccc(N2C(=O)OCC2[C@@H](C)OC(C)(C)C)n1)c1ccc(OC(F)(F)F)c(F)c1. The largest absolute Gasteiger partial charge is 0.573 e. The van der Waals surface area contributed by atoms with Crippen LogP contribution in [0, 0.1) is 5.82 Å². The number of hydrogen-bond donors (Lipinski definition) is 1. The van der Waals surface area contributed by atoms with Crippen LogP contribution in [0.5, 0.6) is 5.75 Å². The summed E-state index contributed by atoms with van der Waals surface area (Å²) in [6.45, 7) is 9.35. The number of nitrogens with one attached hydrogen (secondary N) is 1. The molecule has 0 saturated carbocycles. The Bertz CT molecular complexity index is 1030. The summed E-state index contributed by atoms with van der Waals surface area (Å²) in [6.07, 6.45) is -4.48. The fraction of sp³-hybridized carbons (Fsp3) is 0.500. The van der Waals surface area contributed by atoms with E-state index in [-0.39, 0.29) is 24.5 Å². The number of benzene rings is 1.